The average Bonchev–Trinajstić information content (AvgIpc) is 3.38. The average molecular weight is 479 g/mol. The molecule has 4 N–H and O–H groups in total. The van der Waals surface area contributed by atoms with Crippen LogP contribution in [0, 0.1) is 28.9 Å². The van der Waals surface area contributed by atoms with E-state index in [4.69, 9.17) is 10.5 Å². The van der Waals surface area contributed by atoms with Crippen LogP contribution in [0.5, 0.6) is 5.75 Å². The fourth-order valence-electron chi connectivity index (χ4n) is 5.60. The molecule has 2 fully saturated rings. The minimum absolute atomic E-state index is 0.108. The number of imide groups is 1. The van der Waals surface area contributed by atoms with E-state index in [9.17, 15) is 29.3 Å². The van der Waals surface area contributed by atoms with Crippen LogP contribution in [0.15, 0.2) is 36.4 Å². The summed E-state index contributed by atoms with van der Waals surface area (Å²) in [5.41, 5.74) is 4.93. The van der Waals surface area contributed by atoms with Gasteiger partial charge >= 0.3 is 5.69 Å². The molecule has 12 nitrogen and oxygen atoms in total. The van der Waals surface area contributed by atoms with Crippen LogP contribution in [0.4, 0.5) is 17.1 Å². The van der Waals surface area contributed by atoms with Gasteiger partial charge in [-0.3, -0.25) is 34.6 Å². The second-order valence-electron chi connectivity index (χ2n) is 8.81. The number of ether oxygens (including phenoxy) is 1. The molecule has 35 heavy (non-hydrogen) atoms. The smallest absolute Gasteiger partial charge is 0.311 e. The number of primary amides is 1. The number of methoxy groups -OCH3 is 1. The lowest BCUT2D eigenvalue weighted by Crippen LogP contribution is -2.53. The molecule has 3 aliphatic rings. The van der Waals surface area contributed by atoms with E-state index >= 15 is 0 Å². The fourth-order valence-corrected chi connectivity index (χ4v) is 5.60. The number of para-hydroxylation sites is 1. The zero-order valence-corrected chi connectivity index (χ0v) is 18.7. The predicted octanol–water partition coefficient (Wildman–Crippen LogP) is 0.712. The Bertz CT molecular complexity index is 1340. The number of fused-ring (bicyclic) bond motifs is 4. The first-order valence-corrected chi connectivity index (χ1v) is 10.8. The van der Waals surface area contributed by atoms with Crippen molar-refractivity contribution in [2.45, 2.75) is 24.9 Å². The number of carbonyl (C=O) groups is 4. The van der Waals surface area contributed by atoms with Gasteiger partial charge in [0.2, 0.25) is 23.6 Å². The number of carbonyl (C=O) groups excluding carboxylic acids is 4. The molecule has 12 heteroatoms. The largest absolute Gasteiger partial charge is 0.490 e. The van der Waals surface area contributed by atoms with Gasteiger partial charge in [-0.25, -0.2) is 4.90 Å². The van der Waals surface area contributed by atoms with Crippen molar-refractivity contribution >= 4 is 40.7 Å². The highest BCUT2D eigenvalue weighted by Crippen LogP contribution is 2.54. The van der Waals surface area contributed by atoms with Crippen molar-refractivity contribution in [2.24, 2.45) is 17.6 Å². The molecule has 3 aliphatic heterocycles. The van der Waals surface area contributed by atoms with Crippen LogP contribution in [0.2, 0.25) is 0 Å². The molecule has 0 radical (unpaired) electrons. The van der Waals surface area contributed by atoms with E-state index in [-0.39, 0.29) is 23.5 Å². The summed E-state index contributed by atoms with van der Waals surface area (Å²) in [6, 6.07) is 8.41. The summed E-state index contributed by atoms with van der Waals surface area (Å²) < 4.78 is 5.13. The molecular weight excluding hydrogens is 458 g/mol. The number of nitrogens with one attached hydrogen (secondary N) is 2. The number of nitrogens with two attached hydrogens (primary N) is 1. The Balaban J connectivity index is 1.68. The summed E-state index contributed by atoms with van der Waals surface area (Å²) in [4.78, 5) is 64.5. The summed E-state index contributed by atoms with van der Waals surface area (Å²) in [5, 5.41) is 17.3. The second-order valence-corrected chi connectivity index (χ2v) is 8.81. The maximum Gasteiger partial charge on any atom is 0.311 e. The number of nitro groups is 1. The number of benzene rings is 2. The van der Waals surface area contributed by atoms with Crippen LogP contribution < -0.4 is 26.0 Å². The third-order valence-electron chi connectivity index (χ3n) is 6.98. The predicted molar refractivity (Wildman–Crippen MR) is 121 cm³/mol. The molecule has 4 amide bonds. The highest BCUT2D eigenvalue weighted by molar-refractivity contribution is 6.26. The van der Waals surface area contributed by atoms with Crippen LogP contribution in [-0.4, -0.2) is 41.7 Å². The first-order valence-electron chi connectivity index (χ1n) is 10.8. The molecule has 0 aliphatic carbocycles. The normalized spacial score (nSPS) is 26.6. The molecule has 0 saturated carbocycles. The molecule has 1 spiro atoms. The van der Waals surface area contributed by atoms with E-state index < -0.39 is 52.0 Å². The van der Waals surface area contributed by atoms with Crippen molar-refractivity contribution < 1.29 is 28.8 Å². The highest BCUT2D eigenvalue weighted by Gasteiger charge is 2.70. The van der Waals surface area contributed by atoms with E-state index in [0.29, 0.717) is 16.8 Å². The lowest BCUT2D eigenvalue weighted by Gasteiger charge is -2.29. The van der Waals surface area contributed by atoms with E-state index in [1.54, 1.807) is 24.3 Å². The molecule has 2 aromatic rings. The maximum atomic E-state index is 13.9. The minimum atomic E-state index is -1.58. The number of hydrogen-bond acceptors (Lipinski definition) is 8. The summed E-state index contributed by atoms with van der Waals surface area (Å²) in [6.45, 7) is 1.53. The quantitative estimate of drug-likeness (QED) is 0.319. The van der Waals surface area contributed by atoms with Gasteiger partial charge in [-0.15, -0.1) is 0 Å². The number of nitro benzene ring substituents is 1. The molecule has 0 bridgehead atoms. The summed E-state index contributed by atoms with van der Waals surface area (Å²) in [7, 11) is 1.24. The summed E-state index contributed by atoms with van der Waals surface area (Å²) in [6.07, 6.45) is -0.270. The van der Waals surface area contributed by atoms with E-state index in [1.807, 2.05) is 0 Å². The molecule has 180 valence electrons. The molecule has 2 saturated heterocycles. The minimum Gasteiger partial charge on any atom is -0.490 e. The zero-order valence-electron chi connectivity index (χ0n) is 18.7. The van der Waals surface area contributed by atoms with Crippen molar-refractivity contribution in [1.82, 2.24) is 5.32 Å². The Morgan fingerprint density at radius 3 is 2.60 bits per heavy atom. The van der Waals surface area contributed by atoms with Crippen molar-refractivity contribution in [3.63, 3.8) is 0 Å². The highest BCUT2D eigenvalue weighted by atomic mass is 16.6. The Hall–Kier alpha value is -4.32. The molecule has 4 atom stereocenters. The molecule has 0 unspecified atom stereocenters. The Labute approximate surface area is 198 Å². The van der Waals surface area contributed by atoms with Gasteiger partial charge in [0, 0.05) is 35.8 Å². The molecule has 5 rings (SSSR count). The Morgan fingerprint density at radius 1 is 1.23 bits per heavy atom. The van der Waals surface area contributed by atoms with Crippen molar-refractivity contribution in [2.75, 3.05) is 17.3 Å². The van der Waals surface area contributed by atoms with Gasteiger partial charge in [0.05, 0.1) is 29.6 Å². The Kier molecular flexibility index (Phi) is 4.88. The number of amides is 4. The van der Waals surface area contributed by atoms with Crippen molar-refractivity contribution in [3.05, 3.63) is 57.6 Å². The summed E-state index contributed by atoms with van der Waals surface area (Å²) in [5.74, 6) is -4.86. The first kappa shape index (κ1) is 22.5. The topological polar surface area (TPSA) is 174 Å². The second kappa shape index (κ2) is 7.60. The first-order chi connectivity index (χ1) is 16.6. The summed E-state index contributed by atoms with van der Waals surface area (Å²) >= 11 is 0. The van der Waals surface area contributed by atoms with Gasteiger partial charge in [-0.05, 0) is 18.6 Å². The maximum absolute atomic E-state index is 13.9. The van der Waals surface area contributed by atoms with Crippen molar-refractivity contribution in [1.29, 1.82) is 0 Å². The third-order valence-corrected chi connectivity index (χ3v) is 6.98. The van der Waals surface area contributed by atoms with Gasteiger partial charge in [-0.1, -0.05) is 18.2 Å². The fraction of sp³-hybridized carbons (Fsp3) is 0.304. The monoisotopic (exact) mass is 479 g/mol. The van der Waals surface area contributed by atoms with Crippen LogP contribution in [0.3, 0.4) is 0 Å². The number of rotatable bonds is 5. The van der Waals surface area contributed by atoms with Crippen molar-refractivity contribution in [3.8, 4) is 5.75 Å². The van der Waals surface area contributed by atoms with Gasteiger partial charge in [-0.2, -0.15) is 0 Å². The van der Waals surface area contributed by atoms with Gasteiger partial charge < -0.3 is 15.8 Å². The number of anilines is 2. The lowest BCUT2D eigenvalue weighted by atomic mass is 9.76. The molecule has 0 aromatic heterocycles. The molecular formula is C23H21N5O7. The van der Waals surface area contributed by atoms with Crippen LogP contribution in [-0.2, 0) is 24.7 Å². The Morgan fingerprint density at radius 2 is 1.94 bits per heavy atom. The van der Waals surface area contributed by atoms with E-state index in [0.717, 1.165) is 4.90 Å². The standard InChI is InChI=1S/C23H21N5O7/c1-10-7-15(28(33)34)16(35-2)9-14(10)27-20(30)18-13(8-17(24)29)26-23(19(18)21(27)31)11-5-3-4-6-12(11)25-22(23)32/h3-7,9,13,18-19,26H,8H2,1-2H3,(H2,24,29)(H,25,32)/t13-,18-,19-,23+/m0/s1. The van der Waals surface area contributed by atoms with Crippen LogP contribution in [0.25, 0.3) is 0 Å². The van der Waals surface area contributed by atoms with Gasteiger partial charge in [0.25, 0.3) is 0 Å². The van der Waals surface area contributed by atoms with Crippen LogP contribution in [0.1, 0.15) is 17.5 Å². The van der Waals surface area contributed by atoms with Crippen LogP contribution >= 0.6 is 0 Å². The zero-order chi connectivity index (χ0) is 25.2. The van der Waals surface area contributed by atoms with E-state index in [1.165, 1.54) is 26.2 Å². The third kappa shape index (κ3) is 2.96. The van der Waals surface area contributed by atoms with Gasteiger partial charge in [0.15, 0.2) is 5.75 Å². The van der Waals surface area contributed by atoms with E-state index in [2.05, 4.69) is 10.6 Å². The number of nitrogens with zero attached hydrogens (tertiary/aromatic N) is 2. The number of aryl methyl sites for hydroxylation is 1. The molecule has 3 heterocycles. The van der Waals surface area contributed by atoms with Gasteiger partial charge in [0.1, 0.15) is 5.54 Å². The SMILES string of the molecule is COc1cc(N2C(=O)[C@H]3[C@H](CC(N)=O)N[C@@]4(C(=O)Nc5ccccc54)[C@@H]3C2=O)c(C)cc1[N+](=O)[O-]. The number of hydrogen-bond donors (Lipinski definition) is 3. The molecule has 2 aromatic carbocycles. The lowest BCUT2D eigenvalue weighted by molar-refractivity contribution is -0.385.